The third-order valence-corrected chi connectivity index (χ3v) is 6.65. The second-order valence-corrected chi connectivity index (χ2v) is 9.12. The summed E-state index contributed by atoms with van der Waals surface area (Å²) in [6, 6.07) is -0.889. The molecule has 8 atom stereocenters. The van der Waals surface area contributed by atoms with Crippen molar-refractivity contribution >= 4 is 17.7 Å². The fourth-order valence-corrected chi connectivity index (χ4v) is 4.76. The van der Waals surface area contributed by atoms with Crippen LogP contribution < -0.4 is 10.6 Å². The van der Waals surface area contributed by atoms with Gasteiger partial charge in [-0.05, 0) is 50.3 Å². The van der Waals surface area contributed by atoms with Crippen LogP contribution in [-0.4, -0.2) is 82.6 Å². The average molecular weight is 423 g/mol. The number of thioether (sulfide) groups is 1. The summed E-state index contributed by atoms with van der Waals surface area (Å²) in [5.74, 6) is 0.0832. The van der Waals surface area contributed by atoms with Crippen LogP contribution in [0.15, 0.2) is 0 Å². The Bertz CT molecular complexity index is 499. The fourth-order valence-electron chi connectivity index (χ4n) is 4.08. The maximum atomic E-state index is 12.9. The number of hydrogen-bond acceptors (Lipinski definition) is 7. The molecule has 3 unspecified atom stereocenters. The van der Waals surface area contributed by atoms with Crippen molar-refractivity contribution in [3.8, 4) is 0 Å². The highest BCUT2D eigenvalue weighted by molar-refractivity contribution is 7.99. The van der Waals surface area contributed by atoms with Gasteiger partial charge in [-0.25, -0.2) is 0 Å². The molecule has 0 aromatic carbocycles. The van der Waals surface area contributed by atoms with Gasteiger partial charge in [0.1, 0.15) is 29.9 Å². The Morgan fingerprint density at radius 3 is 2.61 bits per heavy atom. The van der Waals surface area contributed by atoms with Gasteiger partial charge in [0, 0.05) is 0 Å². The van der Waals surface area contributed by atoms with Crippen LogP contribution in [0.25, 0.3) is 0 Å². The molecule has 0 aromatic heterocycles. The highest BCUT2D eigenvalue weighted by Gasteiger charge is 2.47. The number of hydrogen-bond donors (Lipinski definition) is 5. The number of ether oxygens (including phenoxy) is 1. The zero-order valence-corrected chi connectivity index (χ0v) is 17.7. The van der Waals surface area contributed by atoms with Crippen LogP contribution in [0, 0.1) is 11.8 Å². The molecule has 7 nitrogen and oxygen atoms in total. The van der Waals surface area contributed by atoms with Gasteiger partial charge in [-0.3, -0.25) is 9.18 Å². The number of aliphatic hydroxyl groups excluding tert-OH is 3. The minimum atomic E-state index is -1.34. The molecule has 2 heterocycles. The van der Waals surface area contributed by atoms with Crippen LogP contribution in [0.3, 0.4) is 0 Å². The summed E-state index contributed by atoms with van der Waals surface area (Å²) in [6.07, 6.45) is -0.0320. The number of carbonyl (C=O) groups excluding carboxylic acids is 1. The standard InChI is InChI=1S/C19H35FN2O5S/c1-10(2)13(17-15(24)14(23)16(25)19(27-17)28-3)22-18(26)12-9-11(5-4-7-20)6-8-21-12/h10-17,19,21,23-25H,4-9H2,1-3H3,(H,22,26)/t11?,12?,13?,14-,15+,16+,17+,19+/m1/s1. The first-order valence-electron chi connectivity index (χ1n) is 10.1. The molecule has 2 aliphatic heterocycles. The highest BCUT2D eigenvalue weighted by atomic mass is 32.2. The van der Waals surface area contributed by atoms with Gasteiger partial charge in [0.15, 0.2) is 0 Å². The van der Waals surface area contributed by atoms with Crippen molar-refractivity contribution in [2.24, 2.45) is 11.8 Å². The Balaban J connectivity index is 2.04. The summed E-state index contributed by atoms with van der Waals surface area (Å²) in [7, 11) is 0. The quantitative estimate of drug-likeness (QED) is 0.385. The van der Waals surface area contributed by atoms with E-state index in [1.54, 1.807) is 6.26 Å². The molecule has 0 saturated carbocycles. The molecule has 2 fully saturated rings. The van der Waals surface area contributed by atoms with Crippen molar-refractivity contribution < 1.29 is 29.2 Å². The fraction of sp³-hybridized carbons (Fsp3) is 0.947. The summed E-state index contributed by atoms with van der Waals surface area (Å²) in [5, 5.41) is 36.9. The molecular weight excluding hydrogens is 387 g/mol. The van der Waals surface area contributed by atoms with Gasteiger partial charge in [0.05, 0.1) is 18.8 Å². The Hall–Kier alpha value is -0.450. The molecule has 1 amide bonds. The van der Waals surface area contributed by atoms with Gasteiger partial charge in [0.25, 0.3) is 0 Å². The SMILES string of the molecule is CS[C@@H]1O[C@@H](C(NC(=O)C2CC(CCCF)CCN2)C(C)C)[C@@H](O)[C@@H](O)[C@@H]1O. The Kier molecular flexibility index (Phi) is 9.43. The molecule has 2 aliphatic rings. The van der Waals surface area contributed by atoms with Gasteiger partial charge in [0.2, 0.25) is 5.91 Å². The maximum absolute atomic E-state index is 12.9. The number of amides is 1. The topological polar surface area (TPSA) is 111 Å². The molecule has 2 rings (SSSR count). The molecule has 0 aliphatic carbocycles. The lowest BCUT2D eigenvalue weighted by molar-refractivity contribution is -0.208. The van der Waals surface area contributed by atoms with E-state index < -0.39 is 35.9 Å². The number of aliphatic hydroxyl groups is 3. The van der Waals surface area contributed by atoms with Crippen LogP contribution >= 0.6 is 11.8 Å². The third kappa shape index (κ3) is 5.79. The van der Waals surface area contributed by atoms with Crippen LogP contribution in [-0.2, 0) is 9.53 Å². The van der Waals surface area contributed by atoms with E-state index in [0.29, 0.717) is 25.3 Å². The van der Waals surface area contributed by atoms with Gasteiger partial charge < -0.3 is 30.7 Å². The predicted molar refractivity (Wildman–Crippen MR) is 107 cm³/mol. The van der Waals surface area contributed by atoms with Crippen molar-refractivity contribution in [3.05, 3.63) is 0 Å². The minimum Gasteiger partial charge on any atom is -0.388 e. The number of nitrogens with one attached hydrogen (secondary N) is 2. The summed E-state index contributed by atoms with van der Waals surface area (Å²) >= 11 is 1.25. The van der Waals surface area contributed by atoms with E-state index in [1.807, 2.05) is 13.8 Å². The molecule has 0 bridgehead atoms. The molecule has 9 heteroatoms. The smallest absolute Gasteiger partial charge is 0.237 e. The summed E-state index contributed by atoms with van der Waals surface area (Å²) < 4.78 is 18.3. The first-order valence-corrected chi connectivity index (χ1v) is 11.4. The Morgan fingerprint density at radius 1 is 1.29 bits per heavy atom. The van der Waals surface area contributed by atoms with Crippen molar-refractivity contribution in [1.82, 2.24) is 10.6 Å². The van der Waals surface area contributed by atoms with Crippen LogP contribution in [0.5, 0.6) is 0 Å². The molecule has 0 spiro atoms. The zero-order valence-electron chi connectivity index (χ0n) is 16.9. The Morgan fingerprint density at radius 2 is 2.00 bits per heavy atom. The number of halogens is 1. The van der Waals surface area contributed by atoms with Gasteiger partial charge in [-0.2, -0.15) is 0 Å². The number of piperidine rings is 1. The summed E-state index contributed by atoms with van der Waals surface area (Å²) in [6.45, 7) is 4.19. The van der Waals surface area contributed by atoms with E-state index in [4.69, 9.17) is 4.74 Å². The van der Waals surface area contributed by atoms with E-state index in [0.717, 1.165) is 12.8 Å². The van der Waals surface area contributed by atoms with Crippen LogP contribution in [0.4, 0.5) is 4.39 Å². The minimum absolute atomic E-state index is 0.0560. The van der Waals surface area contributed by atoms with Crippen molar-refractivity contribution in [1.29, 1.82) is 0 Å². The number of carbonyl (C=O) groups is 1. The maximum Gasteiger partial charge on any atom is 0.237 e. The molecular formula is C19H35FN2O5S. The Labute approximate surface area is 170 Å². The highest BCUT2D eigenvalue weighted by Crippen LogP contribution is 2.30. The molecule has 5 N–H and O–H groups in total. The van der Waals surface area contributed by atoms with E-state index in [1.165, 1.54) is 11.8 Å². The molecule has 164 valence electrons. The number of alkyl halides is 1. The van der Waals surface area contributed by atoms with E-state index >= 15 is 0 Å². The van der Waals surface area contributed by atoms with Crippen molar-refractivity contribution in [2.45, 2.75) is 81.5 Å². The van der Waals surface area contributed by atoms with Gasteiger partial charge >= 0.3 is 0 Å². The molecule has 0 radical (unpaired) electrons. The van der Waals surface area contributed by atoms with E-state index in [9.17, 15) is 24.5 Å². The van der Waals surface area contributed by atoms with Gasteiger partial charge in [-0.1, -0.05) is 13.8 Å². The largest absolute Gasteiger partial charge is 0.388 e. The molecule has 0 aromatic rings. The monoisotopic (exact) mass is 422 g/mol. The average Bonchev–Trinajstić information content (AvgIpc) is 2.69. The molecule has 2 saturated heterocycles. The predicted octanol–water partition coefficient (Wildman–Crippen LogP) is 0.416. The first kappa shape index (κ1) is 23.8. The summed E-state index contributed by atoms with van der Waals surface area (Å²) in [4.78, 5) is 12.9. The zero-order chi connectivity index (χ0) is 20.8. The van der Waals surface area contributed by atoms with Crippen molar-refractivity contribution in [3.63, 3.8) is 0 Å². The van der Waals surface area contributed by atoms with Crippen LogP contribution in [0.2, 0.25) is 0 Å². The lowest BCUT2D eigenvalue weighted by Crippen LogP contribution is -2.65. The van der Waals surface area contributed by atoms with E-state index in [2.05, 4.69) is 10.6 Å². The van der Waals surface area contributed by atoms with Gasteiger partial charge in [-0.15, -0.1) is 11.8 Å². The third-order valence-electron chi connectivity index (χ3n) is 5.79. The summed E-state index contributed by atoms with van der Waals surface area (Å²) in [5.41, 5.74) is -0.681. The lowest BCUT2D eigenvalue weighted by atomic mass is 9.86. The second kappa shape index (κ2) is 11.1. The van der Waals surface area contributed by atoms with Crippen LogP contribution in [0.1, 0.15) is 39.5 Å². The lowest BCUT2D eigenvalue weighted by Gasteiger charge is -2.44. The number of rotatable bonds is 8. The molecule has 28 heavy (non-hydrogen) atoms. The van der Waals surface area contributed by atoms with Crippen molar-refractivity contribution in [2.75, 3.05) is 19.5 Å². The first-order chi connectivity index (χ1) is 13.3. The van der Waals surface area contributed by atoms with E-state index in [-0.39, 0.29) is 24.5 Å². The normalized spacial score (nSPS) is 37.6. The second-order valence-electron chi connectivity index (χ2n) is 8.18.